The zero-order valence-electron chi connectivity index (χ0n) is 11.2. The van der Waals surface area contributed by atoms with E-state index in [4.69, 9.17) is 4.74 Å². The number of imidazole rings is 1. The fraction of sp³-hybridized carbons (Fsp3) is 0.308. The number of hydrogen-bond donors (Lipinski definition) is 2. The van der Waals surface area contributed by atoms with Crippen LogP contribution in [0.25, 0.3) is 0 Å². The van der Waals surface area contributed by atoms with Gasteiger partial charge in [0.05, 0.1) is 19.1 Å². The van der Waals surface area contributed by atoms with Crippen molar-refractivity contribution in [3.05, 3.63) is 47.9 Å². The Balaban J connectivity index is 2.07. The Bertz CT molecular complexity index is 639. The molecule has 7 heteroatoms. The van der Waals surface area contributed by atoms with Crippen LogP contribution in [0.4, 0.5) is 0 Å². The number of nitrogens with one attached hydrogen (secondary N) is 2. The van der Waals surface area contributed by atoms with E-state index in [0.29, 0.717) is 13.2 Å². The quantitative estimate of drug-likeness (QED) is 0.809. The van der Waals surface area contributed by atoms with Gasteiger partial charge < -0.3 is 9.72 Å². The van der Waals surface area contributed by atoms with Crippen molar-refractivity contribution in [3.8, 4) is 0 Å². The van der Waals surface area contributed by atoms with E-state index in [0.717, 1.165) is 11.1 Å². The van der Waals surface area contributed by atoms with E-state index < -0.39 is 10.0 Å². The number of nitrogens with zero attached hydrogens (tertiary/aromatic N) is 1. The highest BCUT2D eigenvalue weighted by Crippen LogP contribution is 2.11. The molecule has 2 rings (SSSR count). The fourth-order valence-corrected chi connectivity index (χ4v) is 2.63. The topological polar surface area (TPSA) is 84.1 Å². The Hall–Kier alpha value is -1.70. The Morgan fingerprint density at radius 3 is 2.70 bits per heavy atom. The van der Waals surface area contributed by atoms with Crippen LogP contribution in [-0.2, 0) is 27.9 Å². The smallest absolute Gasteiger partial charge is 0.257 e. The number of hydrogen-bond acceptors (Lipinski definition) is 4. The normalized spacial score (nSPS) is 11.7. The summed E-state index contributed by atoms with van der Waals surface area (Å²) >= 11 is 0. The van der Waals surface area contributed by atoms with Crippen molar-refractivity contribution >= 4 is 10.0 Å². The number of aromatic nitrogens is 2. The molecular formula is C13H17N3O3S. The number of rotatable bonds is 7. The van der Waals surface area contributed by atoms with E-state index >= 15 is 0 Å². The van der Waals surface area contributed by atoms with E-state index in [1.807, 2.05) is 31.2 Å². The molecule has 0 saturated carbocycles. The molecule has 0 fully saturated rings. The van der Waals surface area contributed by atoms with Crippen LogP contribution in [0.15, 0.2) is 41.8 Å². The number of ether oxygens (including phenoxy) is 1. The third kappa shape index (κ3) is 3.66. The van der Waals surface area contributed by atoms with Crippen LogP contribution < -0.4 is 4.72 Å². The zero-order valence-corrected chi connectivity index (χ0v) is 12.0. The molecule has 0 unspecified atom stereocenters. The molecule has 0 amide bonds. The number of H-pyrrole nitrogens is 1. The highest BCUT2D eigenvalue weighted by atomic mass is 32.2. The lowest BCUT2D eigenvalue weighted by Crippen LogP contribution is -2.24. The van der Waals surface area contributed by atoms with Crippen LogP contribution in [-0.4, -0.2) is 25.0 Å². The van der Waals surface area contributed by atoms with E-state index in [2.05, 4.69) is 14.7 Å². The zero-order chi connectivity index (χ0) is 14.4. The van der Waals surface area contributed by atoms with Gasteiger partial charge in [0.15, 0.2) is 5.03 Å². The standard InChI is InChI=1S/C13H17N3O3S/c1-2-19-9-12-6-4-3-5-11(12)7-16-20(17,18)13-8-14-10-15-13/h3-6,8,10,16H,2,7,9H2,1H3,(H,14,15). The van der Waals surface area contributed by atoms with Crippen LogP contribution >= 0.6 is 0 Å². The Morgan fingerprint density at radius 2 is 2.05 bits per heavy atom. The molecular weight excluding hydrogens is 278 g/mol. The minimum absolute atomic E-state index is 0.0554. The first-order valence-electron chi connectivity index (χ1n) is 6.26. The largest absolute Gasteiger partial charge is 0.377 e. The van der Waals surface area contributed by atoms with Crippen LogP contribution in [0.1, 0.15) is 18.1 Å². The van der Waals surface area contributed by atoms with Crippen molar-refractivity contribution in [2.45, 2.75) is 25.1 Å². The van der Waals surface area contributed by atoms with Crippen molar-refractivity contribution in [2.75, 3.05) is 6.61 Å². The van der Waals surface area contributed by atoms with Crippen LogP contribution in [0.2, 0.25) is 0 Å². The van der Waals surface area contributed by atoms with Gasteiger partial charge in [-0.2, -0.15) is 0 Å². The summed E-state index contributed by atoms with van der Waals surface area (Å²) in [7, 11) is -3.56. The van der Waals surface area contributed by atoms with Crippen molar-refractivity contribution in [2.24, 2.45) is 0 Å². The van der Waals surface area contributed by atoms with Gasteiger partial charge in [-0.15, -0.1) is 0 Å². The first-order chi connectivity index (χ1) is 9.63. The van der Waals surface area contributed by atoms with Crippen LogP contribution in [0.5, 0.6) is 0 Å². The highest BCUT2D eigenvalue weighted by Gasteiger charge is 2.15. The van der Waals surface area contributed by atoms with E-state index in [1.54, 1.807) is 0 Å². The molecule has 1 heterocycles. The third-order valence-electron chi connectivity index (χ3n) is 2.80. The van der Waals surface area contributed by atoms with Crippen LogP contribution in [0.3, 0.4) is 0 Å². The maximum absolute atomic E-state index is 12.0. The minimum Gasteiger partial charge on any atom is -0.377 e. The molecule has 6 nitrogen and oxygen atoms in total. The highest BCUT2D eigenvalue weighted by molar-refractivity contribution is 7.89. The summed E-state index contributed by atoms with van der Waals surface area (Å²) < 4.78 is 31.9. The summed E-state index contributed by atoms with van der Waals surface area (Å²) in [5, 5.41) is 0.0554. The average Bonchev–Trinajstić information content (AvgIpc) is 2.99. The number of aromatic amines is 1. The molecule has 0 aliphatic heterocycles. The lowest BCUT2D eigenvalue weighted by Gasteiger charge is -2.10. The molecule has 20 heavy (non-hydrogen) atoms. The minimum atomic E-state index is -3.56. The SMILES string of the molecule is CCOCc1ccccc1CNS(=O)(=O)c1cnc[nH]1. The predicted molar refractivity (Wildman–Crippen MR) is 74.4 cm³/mol. The maximum Gasteiger partial charge on any atom is 0.257 e. The maximum atomic E-state index is 12.0. The van der Waals surface area contributed by atoms with Gasteiger partial charge >= 0.3 is 0 Å². The Kier molecular flexibility index (Phi) is 4.89. The molecule has 0 saturated heterocycles. The Labute approximate surface area is 118 Å². The van der Waals surface area contributed by atoms with Gasteiger partial charge in [-0.1, -0.05) is 24.3 Å². The van der Waals surface area contributed by atoms with Gasteiger partial charge in [-0.25, -0.2) is 18.1 Å². The molecule has 2 N–H and O–H groups in total. The average molecular weight is 295 g/mol. The second-order valence-corrected chi connectivity index (χ2v) is 5.88. The fourth-order valence-electron chi connectivity index (χ4n) is 1.72. The summed E-state index contributed by atoms with van der Waals surface area (Å²) in [6.45, 7) is 3.22. The van der Waals surface area contributed by atoms with E-state index in [1.165, 1.54) is 12.5 Å². The molecule has 2 aromatic rings. The van der Waals surface area contributed by atoms with Gasteiger partial charge in [-0.3, -0.25) is 0 Å². The summed E-state index contributed by atoms with van der Waals surface area (Å²) in [4.78, 5) is 6.28. The molecule has 0 radical (unpaired) electrons. The van der Waals surface area contributed by atoms with Gasteiger partial charge in [0, 0.05) is 13.2 Å². The van der Waals surface area contributed by atoms with Crippen molar-refractivity contribution in [1.82, 2.24) is 14.7 Å². The van der Waals surface area contributed by atoms with E-state index in [9.17, 15) is 8.42 Å². The van der Waals surface area contributed by atoms with Gasteiger partial charge in [0.2, 0.25) is 0 Å². The lowest BCUT2D eigenvalue weighted by atomic mass is 10.1. The monoisotopic (exact) mass is 295 g/mol. The number of benzene rings is 1. The molecule has 108 valence electrons. The molecule has 0 bridgehead atoms. The molecule has 0 spiro atoms. The molecule has 1 aromatic carbocycles. The summed E-state index contributed by atoms with van der Waals surface area (Å²) in [5.74, 6) is 0. The predicted octanol–water partition coefficient (Wildman–Crippen LogP) is 1.42. The summed E-state index contributed by atoms with van der Waals surface area (Å²) in [5.41, 5.74) is 1.87. The summed E-state index contributed by atoms with van der Waals surface area (Å²) in [6.07, 6.45) is 2.60. The molecule has 0 aliphatic rings. The van der Waals surface area contributed by atoms with Crippen LogP contribution in [0, 0.1) is 0 Å². The first kappa shape index (κ1) is 14.7. The molecule has 1 aromatic heterocycles. The van der Waals surface area contributed by atoms with Crippen molar-refractivity contribution < 1.29 is 13.2 Å². The number of sulfonamides is 1. The van der Waals surface area contributed by atoms with Gasteiger partial charge in [-0.05, 0) is 18.1 Å². The first-order valence-corrected chi connectivity index (χ1v) is 7.74. The second kappa shape index (κ2) is 6.65. The Morgan fingerprint density at radius 1 is 1.30 bits per heavy atom. The van der Waals surface area contributed by atoms with Crippen molar-refractivity contribution in [3.63, 3.8) is 0 Å². The third-order valence-corrected chi connectivity index (χ3v) is 4.12. The molecule has 0 atom stereocenters. The summed E-state index contributed by atoms with van der Waals surface area (Å²) in [6, 6.07) is 7.58. The van der Waals surface area contributed by atoms with Gasteiger partial charge in [0.1, 0.15) is 0 Å². The molecule has 0 aliphatic carbocycles. The second-order valence-electron chi connectivity index (χ2n) is 4.15. The van der Waals surface area contributed by atoms with Crippen molar-refractivity contribution in [1.29, 1.82) is 0 Å². The van der Waals surface area contributed by atoms with E-state index in [-0.39, 0.29) is 11.6 Å². The lowest BCUT2D eigenvalue weighted by molar-refractivity contribution is 0.133. The van der Waals surface area contributed by atoms with Gasteiger partial charge in [0.25, 0.3) is 10.0 Å².